The van der Waals surface area contributed by atoms with E-state index in [1.807, 2.05) is 24.6 Å². The SMILES string of the molecule is Cc1cc(-c2[nH]nc(-c3ccc(C4CN(CC(C)(C)O)C4)cc3)c2C(C)C)cn2ncnc12. The number of nitrogens with one attached hydrogen (secondary N) is 1. The summed E-state index contributed by atoms with van der Waals surface area (Å²) in [5.74, 6) is 0.834. The van der Waals surface area contributed by atoms with Gasteiger partial charge < -0.3 is 5.11 Å². The molecule has 1 aliphatic rings. The third-order valence-corrected chi connectivity index (χ3v) is 6.45. The topological polar surface area (TPSA) is 82.3 Å². The van der Waals surface area contributed by atoms with Crippen molar-refractivity contribution in [2.75, 3.05) is 19.6 Å². The van der Waals surface area contributed by atoms with Crippen molar-refractivity contribution < 1.29 is 5.11 Å². The molecule has 0 aliphatic carbocycles. The molecule has 1 aliphatic heterocycles. The van der Waals surface area contributed by atoms with Gasteiger partial charge in [-0.2, -0.15) is 10.2 Å². The molecule has 33 heavy (non-hydrogen) atoms. The van der Waals surface area contributed by atoms with Crippen LogP contribution in [0, 0.1) is 6.92 Å². The highest BCUT2D eigenvalue weighted by Crippen LogP contribution is 2.37. The van der Waals surface area contributed by atoms with Crippen LogP contribution in [0.5, 0.6) is 0 Å². The second-order valence-corrected chi connectivity index (χ2v) is 10.3. The van der Waals surface area contributed by atoms with Gasteiger partial charge in [0.25, 0.3) is 0 Å². The van der Waals surface area contributed by atoms with Crippen LogP contribution in [0.4, 0.5) is 0 Å². The van der Waals surface area contributed by atoms with Crippen LogP contribution in [-0.4, -0.2) is 60.0 Å². The van der Waals surface area contributed by atoms with Crippen molar-refractivity contribution in [1.82, 2.24) is 29.7 Å². The molecule has 2 N–H and O–H groups in total. The number of aromatic nitrogens is 5. The Bertz CT molecular complexity index is 1270. The third kappa shape index (κ3) is 4.18. The lowest BCUT2D eigenvalue weighted by molar-refractivity contribution is 0.00736. The number of pyridine rings is 1. The van der Waals surface area contributed by atoms with Gasteiger partial charge in [0.05, 0.1) is 17.0 Å². The van der Waals surface area contributed by atoms with Crippen LogP contribution in [0.25, 0.3) is 28.2 Å². The molecule has 0 radical (unpaired) electrons. The summed E-state index contributed by atoms with van der Waals surface area (Å²) >= 11 is 0. The lowest BCUT2D eigenvalue weighted by Crippen LogP contribution is -2.50. The second kappa shape index (κ2) is 8.08. The van der Waals surface area contributed by atoms with Crippen molar-refractivity contribution in [2.45, 2.75) is 52.1 Å². The van der Waals surface area contributed by atoms with E-state index in [0.29, 0.717) is 11.8 Å². The number of fused-ring (bicyclic) bond motifs is 1. The summed E-state index contributed by atoms with van der Waals surface area (Å²) in [5, 5.41) is 22.4. The van der Waals surface area contributed by atoms with Crippen LogP contribution >= 0.6 is 0 Å². The number of aromatic amines is 1. The fourth-order valence-electron chi connectivity index (χ4n) is 4.95. The molecule has 4 aromatic rings. The second-order valence-electron chi connectivity index (χ2n) is 10.3. The fourth-order valence-corrected chi connectivity index (χ4v) is 4.95. The van der Waals surface area contributed by atoms with E-state index in [2.05, 4.69) is 71.2 Å². The zero-order valence-electron chi connectivity index (χ0n) is 20.0. The molecule has 1 saturated heterocycles. The molecule has 0 spiro atoms. The molecule has 1 fully saturated rings. The summed E-state index contributed by atoms with van der Waals surface area (Å²) in [6, 6.07) is 11.0. The summed E-state index contributed by atoms with van der Waals surface area (Å²) in [5.41, 5.74) is 8.09. The molecule has 172 valence electrons. The Morgan fingerprint density at radius 1 is 1.15 bits per heavy atom. The number of aliphatic hydroxyl groups is 1. The van der Waals surface area contributed by atoms with E-state index in [-0.39, 0.29) is 0 Å². The molecule has 1 aromatic carbocycles. The first kappa shape index (κ1) is 21.8. The van der Waals surface area contributed by atoms with Crippen LogP contribution in [0.3, 0.4) is 0 Å². The Morgan fingerprint density at radius 3 is 2.55 bits per heavy atom. The van der Waals surface area contributed by atoms with Crippen molar-refractivity contribution in [3.8, 4) is 22.5 Å². The molecule has 7 heteroatoms. The minimum Gasteiger partial charge on any atom is -0.389 e. The Morgan fingerprint density at radius 2 is 1.88 bits per heavy atom. The van der Waals surface area contributed by atoms with E-state index < -0.39 is 5.60 Å². The highest BCUT2D eigenvalue weighted by atomic mass is 16.3. The van der Waals surface area contributed by atoms with E-state index in [0.717, 1.165) is 53.4 Å². The maximum absolute atomic E-state index is 10.0. The summed E-state index contributed by atoms with van der Waals surface area (Å²) < 4.78 is 1.82. The van der Waals surface area contributed by atoms with Gasteiger partial charge in [0.1, 0.15) is 6.33 Å². The number of β-amino-alcohol motifs (C(OH)–C–C–N with tert-alkyl or cyclic N) is 1. The lowest BCUT2D eigenvalue weighted by atomic mass is 9.88. The molecule has 0 bridgehead atoms. The highest BCUT2D eigenvalue weighted by Gasteiger charge is 2.31. The molecule has 5 rings (SSSR count). The molecule has 4 heterocycles. The minimum atomic E-state index is -0.642. The Hall–Kier alpha value is -3.03. The van der Waals surface area contributed by atoms with E-state index in [9.17, 15) is 5.11 Å². The highest BCUT2D eigenvalue weighted by molar-refractivity contribution is 5.76. The third-order valence-electron chi connectivity index (χ3n) is 6.45. The first-order valence-corrected chi connectivity index (χ1v) is 11.6. The number of likely N-dealkylation sites (tertiary alicyclic amines) is 1. The first-order chi connectivity index (χ1) is 15.7. The average Bonchev–Trinajstić information content (AvgIpc) is 3.37. The van der Waals surface area contributed by atoms with Crippen LogP contribution in [0.2, 0.25) is 0 Å². The van der Waals surface area contributed by atoms with Gasteiger partial charge in [-0.3, -0.25) is 10.00 Å². The number of rotatable bonds is 6. The van der Waals surface area contributed by atoms with Gasteiger partial charge >= 0.3 is 0 Å². The quantitative estimate of drug-likeness (QED) is 0.461. The van der Waals surface area contributed by atoms with Crippen LogP contribution < -0.4 is 0 Å². The normalized spacial score (nSPS) is 15.5. The number of hydrogen-bond acceptors (Lipinski definition) is 5. The molecule has 0 atom stereocenters. The molecular weight excluding hydrogens is 412 g/mol. The van der Waals surface area contributed by atoms with E-state index >= 15 is 0 Å². The molecule has 0 saturated carbocycles. The van der Waals surface area contributed by atoms with Gasteiger partial charge in [0.15, 0.2) is 5.65 Å². The van der Waals surface area contributed by atoms with Gasteiger partial charge in [-0.05, 0) is 43.9 Å². The van der Waals surface area contributed by atoms with Gasteiger partial charge in [-0.15, -0.1) is 0 Å². The Labute approximate surface area is 194 Å². The van der Waals surface area contributed by atoms with Gasteiger partial charge in [-0.1, -0.05) is 38.1 Å². The number of H-pyrrole nitrogens is 1. The maximum atomic E-state index is 10.0. The predicted octanol–water partition coefficient (Wildman–Crippen LogP) is 4.39. The van der Waals surface area contributed by atoms with Gasteiger partial charge in [-0.25, -0.2) is 9.50 Å². The smallest absolute Gasteiger partial charge is 0.158 e. The van der Waals surface area contributed by atoms with E-state index in [4.69, 9.17) is 5.10 Å². The molecule has 3 aromatic heterocycles. The summed E-state index contributed by atoms with van der Waals surface area (Å²) in [7, 11) is 0. The van der Waals surface area contributed by atoms with Crippen LogP contribution in [0.15, 0.2) is 42.9 Å². The largest absolute Gasteiger partial charge is 0.389 e. The van der Waals surface area contributed by atoms with Crippen LogP contribution in [0.1, 0.15) is 56.2 Å². The standard InChI is InChI=1S/C26H32N6O/c1-16(2)22-23(29-30-24(22)20-10-17(3)25-27-15-28-32(25)13-20)19-8-6-18(7-9-19)21-11-31(12-21)14-26(4,5)33/h6-10,13,15-16,21,33H,11-12,14H2,1-5H3,(H,29,30). The van der Waals surface area contributed by atoms with Crippen molar-refractivity contribution in [1.29, 1.82) is 0 Å². The lowest BCUT2D eigenvalue weighted by Gasteiger charge is -2.42. The fraction of sp³-hybridized carbons (Fsp3) is 0.423. The number of benzene rings is 1. The summed E-state index contributed by atoms with van der Waals surface area (Å²) in [6.45, 7) is 12.9. The zero-order chi connectivity index (χ0) is 23.3. The Balaban J connectivity index is 1.41. The van der Waals surface area contributed by atoms with E-state index in [1.165, 1.54) is 11.1 Å². The van der Waals surface area contributed by atoms with Crippen molar-refractivity contribution in [3.63, 3.8) is 0 Å². The summed E-state index contributed by atoms with van der Waals surface area (Å²) in [6.07, 6.45) is 3.60. The molecular formula is C26H32N6O. The molecule has 7 nitrogen and oxygen atoms in total. The van der Waals surface area contributed by atoms with Crippen LogP contribution in [-0.2, 0) is 0 Å². The summed E-state index contributed by atoms with van der Waals surface area (Å²) in [4.78, 5) is 6.64. The molecule has 0 unspecified atom stereocenters. The van der Waals surface area contributed by atoms with Crippen molar-refractivity contribution in [3.05, 3.63) is 59.5 Å². The average molecular weight is 445 g/mol. The Kier molecular flexibility index (Phi) is 5.34. The maximum Gasteiger partial charge on any atom is 0.158 e. The number of aryl methyl sites for hydroxylation is 1. The first-order valence-electron chi connectivity index (χ1n) is 11.6. The predicted molar refractivity (Wildman–Crippen MR) is 130 cm³/mol. The monoisotopic (exact) mass is 444 g/mol. The van der Waals surface area contributed by atoms with Gasteiger partial charge in [0, 0.05) is 48.4 Å². The van der Waals surface area contributed by atoms with E-state index in [1.54, 1.807) is 6.33 Å². The number of hydrogen-bond donors (Lipinski definition) is 2. The zero-order valence-corrected chi connectivity index (χ0v) is 20.0. The van der Waals surface area contributed by atoms with Crippen molar-refractivity contribution >= 4 is 5.65 Å². The van der Waals surface area contributed by atoms with Gasteiger partial charge in [0.2, 0.25) is 0 Å². The minimum absolute atomic E-state index is 0.308. The number of nitrogens with zero attached hydrogens (tertiary/aromatic N) is 5. The van der Waals surface area contributed by atoms with Crippen molar-refractivity contribution in [2.24, 2.45) is 0 Å². The molecule has 0 amide bonds.